The van der Waals surface area contributed by atoms with Gasteiger partial charge in [0.2, 0.25) is 0 Å². The van der Waals surface area contributed by atoms with Gasteiger partial charge in [0.05, 0.1) is 15.6 Å². The van der Waals surface area contributed by atoms with E-state index >= 15 is 0 Å². The van der Waals surface area contributed by atoms with Crippen LogP contribution in [0.1, 0.15) is 11.3 Å². The Morgan fingerprint density at radius 2 is 1.80 bits per heavy atom. The van der Waals surface area contributed by atoms with E-state index in [9.17, 15) is 8.42 Å². The first-order valence-corrected chi connectivity index (χ1v) is 9.34. The number of anilines is 1. The first-order chi connectivity index (χ1) is 11.9. The minimum Gasteiger partial charge on any atom is -0.459 e. The molecule has 0 spiro atoms. The third-order valence-corrected chi connectivity index (χ3v) is 5.35. The number of benzene rings is 2. The maximum Gasteiger partial charge on any atom is 0.261 e. The second-order valence-corrected chi connectivity index (χ2v) is 7.63. The Morgan fingerprint density at radius 3 is 2.40 bits per heavy atom. The summed E-state index contributed by atoms with van der Waals surface area (Å²) in [7, 11) is -3.69. The Balaban J connectivity index is 1.86. The monoisotopic (exact) mass is 377 g/mol. The molecule has 0 atom stereocenters. The van der Waals surface area contributed by atoms with Crippen LogP contribution in [0.5, 0.6) is 0 Å². The Kier molecular flexibility index (Phi) is 4.85. The maximum absolute atomic E-state index is 12.4. The molecule has 0 aliphatic heterocycles. The summed E-state index contributed by atoms with van der Waals surface area (Å²) < 4.78 is 32.8. The molecule has 0 amide bonds. The van der Waals surface area contributed by atoms with E-state index in [1.54, 1.807) is 48.5 Å². The Bertz CT molecular complexity index is 994. The fraction of sp³-hybridized carbons (Fsp3) is 0.111. The lowest BCUT2D eigenvalue weighted by molar-refractivity contribution is 0.248. The van der Waals surface area contributed by atoms with Crippen molar-refractivity contribution in [3.63, 3.8) is 0 Å². The number of sulfonamides is 1. The third-order valence-electron chi connectivity index (χ3n) is 3.64. The molecule has 0 aliphatic rings. The molecule has 0 unspecified atom stereocenters. The highest BCUT2D eigenvalue weighted by molar-refractivity contribution is 7.92. The smallest absolute Gasteiger partial charge is 0.261 e. The molecule has 0 fully saturated rings. The SMILES string of the molecule is Cc1ccc(S(=O)(=O)Nc2ccc(-c3ccc(CO)o3)c(Cl)c2)cc1. The Morgan fingerprint density at radius 1 is 1.08 bits per heavy atom. The standard InChI is InChI=1S/C18H16ClNO4S/c1-12-2-6-15(7-3-12)25(22,23)20-13-4-8-16(17(19)10-13)18-9-5-14(11-21)24-18/h2-10,20-21H,11H2,1H3. The van der Waals surface area contributed by atoms with Crippen LogP contribution in [0.2, 0.25) is 5.02 Å². The molecule has 0 saturated heterocycles. The lowest BCUT2D eigenvalue weighted by atomic mass is 10.1. The van der Waals surface area contributed by atoms with Crippen LogP contribution in [-0.2, 0) is 16.6 Å². The Labute approximate surface area is 150 Å². The van der Waals surface area contributed by atoms with Gasteiger partial charge >= 0.3 is 0 Å². The molecule has 0 bridgehead atoms. The first-order valence-electron chi connectivity index (χ1n) is 7.48. The summed E-state index contributed by atoms with van der Waals surface area (Å²) in [5, 5.41) is 9.40. The van der Waals surface area contributed by atoms with Crippen molar-refractivity contribution >= 4 is 27.3 Å². The zero-order valence-electron chi connectivity index (χ0n) is 13.4. The van der Waals surface area contributed by atoms with Crippen LogP contribution in [-0.4, -0.2) is 13.5 Å². The van der Waals surface area contributed by atoms with Gasteiger partial charge in [0.15, 0.2) is 0 Å². The van der Waals surface area contributed by atoms with Gasteiger partial charge < -0.3 is 9.52 Å². The fourth-order valence-electron chi connectivity index (χ4n) is 2.32. The zero-order valence-corrected chi connectivity index (χ0v) is 14.9. The summed E-state index contributed by atoms with van der Waals surface area (Å²) >= 11 is 6.25. The first kappa shape index (κ1) is 17.5. The van der Waals surface area contributed by atoms with E-state index in [0.717, 1.165) is 5.56 Å². The van der Waals surface area contributed by atoms with Gasteiger partial charge in [-0.25, -0.2) is 8.42 Å². The predicted octanol–water partition coefficient (Wildman–Crippen LogP) is 4.20. The van der Waals surface area contributed by atoms with Gasteiger partial charge in [0.1, 0.15) is 18.1 Å². The number of halogens is 1. The highest BCUT2D eigenvalue weighted by atomic mass is 35.5. The van der Waals surface area contributed by atoms with Gasteiger partial charge in [0, 0.05) is 5.56 Å². The summed E-state index contributed by atoms with van der Waals surface area (Å²) in [6.45, 7) is 1.69. The fourth-order valence-corrected chi connectivity index (χ4v) is 3.64. The van der Waals surface area contributed by atoms with Gasteiger partial charge in [0.25, 0.3) is 10.0 Å². The number of hydrogen-bond acceptors (Lipinski definition) is 4. The van der Waals surface area contributed by atoms with E-state index in [0.29, 0.717) is 27.8 Å². The molecule has 2 N–H and O–H groups in total. The van der Waals surface area contributed by atoms with E-state index in [1.165, 1.54) is 6.07 Å². The number of hydrogen-bond donors (Lipinski definition) is 2. The summed E-state index contributed by atoms with van der Waals surface area (Å²) in [4.78, 5) is 0.178. The van der Waals surface area contributed by atoms with Crippen molar-refractivity contribution in [2.75, 3.05) is 4.72 Å². The highest BCUT2D eigenvalue weighted by Crippen LogP contribution is 2.32. The Hall–Kier alpha value is -2.28. The molecule has 3 rings (SSSR count). The topological polar surface area (TPSA) is 79.5 Å². The number of furan rings is 1. The molecule has 5 nitrogen and oxygen atoms in total. The average Bonchev–Trinajstić information content (AvgIpc) is 3.04. The lowest BCUT2D eigenvalue weighted by Gasteiger charge is -2.10. The molecular weight excluding hydrogens is 362 g/mol. The number of aliphatic hydroxyl groups excluding tert-OH is 1. The molecular formula is C18H16ClNO4S. The van der Waals surface area contributed by atoms with Gasteiger partial charge in [-0.2, -0.15) is 0 Å². The van der Waals surface area contributed by atoms with Crippen LogP contribution < -0.4 is 4.72 Å². The van der Waals surface area contributed by atoms with Crippen molar-refractivity contribution in [2.24, 2.45) is 0 Å². The minimum absolute atomic E-state index is 0.178. The number of rotatable bonds is 5. The second kappa shape index (κ2) is 6.92. The number of aliphatic hydroxyl groups is 1. The second-order valence-electron chi connectivity index (χ2n) is 5.54. The quantitative estimate of drug-likeness (QED) is 0.698. The summed E-state index contributed by atoms with van der Waals surface area (Å²) in [5.74, 6) is 0.928. The average molecular weight is 378 g/mol. The molecule has 1 heterocycles. The number of nitrogens with one attached hydrogen (secondary N) is 1. The van der Waals surface area contributed by atoms with Gasteiger partial charge in [-0.05, 0) is 49.4 Å². The molecule has 1 aromatic heterocycles. The lowest BCUT2D eigenvalue weighted by Crippen LogP contribution is -2.12. The van der Waals surface area contributed by atoms with Crippen LogP contribution in [0.4, 0.5) is 5.69 Å². The largest absolute Gasteiger partial charge is 0.459 e. The molecule has 0 radical (unpaired) electrons. The van der Waals surface area contributed by atoms with Crippen LogP contribution in [0.25, 0.3) is 11.3 Å². The van der Waals surface area contributed by atoms with Crippen LogP contribution >= 0.6 is 11.6 Å². The number of aryl methyl sites for hydroxylation is 1. The molecule has 0 saturated carbocycles. The van der Waals surface area contributed by atoms with Gasteiger partial charge in [-0.3, -0.25) is 4.72 Å². The van der Waals surface area contributed by atoms with Crippen molar-refractivity contribution in [2.45, 2.75) is 18.4 Å². The summed E-state index contributed by atoms with van der Waals surface area (Å²) in [5.41, 5.74) is 1.94. The van der Waals surface area contributed by atoms with E-state index in [4.69, 9.17) is 21.1 Å². The van der Waals surface area contributed by atoms with Gasteiger partial charge in [-0.15, -0.1) is 0 Å². The molecule has 3 aromatic rings. The van der Waals surface area contributed by atoms with Crippen molar-refractivity contribution in [1.82, 2.24) is 0 Å². The van der Waals surface area contributed by atoms with E-state index in [2.05, 4.69) is 4.72 Å². The zero-order chi connectivity index (χ0) is 18.0. The predicted molar refractivity (Wildman–Crippen MR) is 97.1 cm³/mol. The van der Waals surface area contributed by atoms with Crippen LogP contribution in [0.15, 0.2) is 63.9 Å². The van der Waals surface area contributed by atoms with Gasteiger partial charge in [-0.1, -0.05) is 29.3 Å². The van der Waals surface area contributed by atoms with E-state index < -0.39 is 10.0 Å². The summed E-state index contributed by atoms with van der Waals surface area (Å²) in [6.07, 6.45) is 0. The normalized spacial score (nSPS) is 11.5. The molecule has 0 aliphatic carbocycles. The maximum atomic E-state index is 12.4. The minimum atomic E-state index is -3.69. The third kappa shape index (κ3) is 3.87. The van der Waals surface area contributed by atoms with E-state index in [-0.39, 0.29) is 11.5 Å². The van der Waals surface area contributed by atoms with Crippen molar-refractivity contribution in [1.29, 1.82) is 0 Å². The highest BCUT2D eigenvalue weighted by Gasteiger charge is 2.15. The molecule has 130 valence electrons. The van der Waals surface area contributed by atoms with Crippen molar-refractivity contribution in [3.8, 4) is 11.3 Å². The van der Waals surface area contributed by atoms with Crippen LogP contribution in [0.3, 0.4) is 0 Å². The van der Waals surface area contributed by atoms with Crippen molar-refractivity contribution < 1.29 is 17.9 Å². The molecule has 7 heteroatoms. The van der Waals surface area contributed by atoms with E-state index in [1.807, 2.05) is 6.92 Å². The van der Waals surface area contributed by atoms with Crippen molar-refractivity contribution in [3.05, 3.63) is 70.9 Å². The van der Waals surface area contributed by atoms with Crippen LogP contribution in [0, 0.1) is 6.92 Å². The summed E-state index contributed by atoms with van der Waals surface area (Å²) in [6, 6.07) is 14.7. The molecule has 25 heavy (non-hydrogen) atoms. The molecule has 2 aromatic carbocycles.